The normalized spacial score (nSPS) is 22.2. The van der Waals surface area contributed by atoms with E-state index in [1.54, 1.807) is 0 Å². The highest BCUT2D eigenvalue weighted by Gasteiger charge is 2.56. The fourth-order valence-electron chi connectivity index (χ4n) is 14.8. The number of amides is 2. The summed E-state index contributed by atoms with van der Waals surface area (Å²) in [5.74, 6) is 0.188. The molecule has 0 saturated heterocycles. The lowest BCUT2D eigenvalue weighted by molar-refractivity contribution is -0.147. The predicted molar refractivity (Wildman–Crippen MR) is 362 cm³/mol. The third-order valence-corrected chi connectivity index (χ3v) is 19.3. The number of benzene rings is 2. The highest BCUT2D eigenvalue weighted by molar-refractivity contribution is 6.06. The zero-order valence-electron chi connectivity index (χ0n) is 58.2. The molecule has 4 aliphatic carbocycles. The van der Waals surface area contributed by atoms with Crippen LogP contribution in [0, 0.1) is 69.0 Å². The number of fused-ring (bicyclic) bond motifs is 10. The Morgan fingerprint density at radius 1 is 0.478 bits per heavy atom. The molecule has 2 heterocycles. The molecule has 4 fully saturated rings. The summed E-state index contributed by atoms with van der Waals surface area (Å²) in [6.07, 6.45) is 13.3. The van der Waals surface area contributed by atoms with E-state index in [1.807, 2.05) is 31.2 Å². The van der Waals surface area contributed by atoms with Crippen molar-refractivity contribution in [2.24, 2.45) is 79.2 Å². The Kier molecular flexibility index (Phi) is 25.4. The number of hydrazone groups is 2. The van der Waals surface area contributed by atoms with Gasteiger partial charge < -0.3 is 20.1 Å². The Hall–Kier alpha value is -6.58. The number of rotatable bonds is 30. The van der Waals surface area contributed by atoms with Gasteiger partial charge in [-0.25, -0.2) is 0 Å². The first-order valence-corrected chi connectivity index (χ1v) is 34.4. The van der Waals surface area contributed by atoms with Gasteiger partial charge in [0.25, 0.3) is 0 Å². The third kappa shape index (κ3) is 21.7. The van der Waals surface area contributed by atoms with Crippen LogP contribution in [0.15, 0.2) is 81.3 Å². The predicted octanol–water partition coefficient (Wildman–Crippen LogP) is 13.4. The molecule has 4 N–H and O–H groups in total. The SMILES string of the molecule is CC1=C2C3CC(C(=O)NCCOC(=O)CC(=O)CCCC(C)(C)C)C(C3)C2C(c2ccc(CC(=O)CCCC(C)(C)C)cc2)=NN1.CC1=C2C3CC(CC3C(=O)NCCOC(=O)CC(=O)CCCC(C)(C)C)C2C(c2ccc(CC(=O)CCCC(C)(C)C)cc2)=NN1. The fraction of sp³-hybridized carbons (Fsp3) is 0.658. The largest absolute Gasteiger partial charge is 0.463 e. The second-order valence-electron chi connectivity index (χ2n) is 32.2. The van der Waals surface area contributed by atoms with E-state index in [0.29, 0.717) is 50.4 Å². The number of hydrogen-bond donors (Lipinski definition) is 4. The summed E-state index contributed by atoms with van der Waals surface area (Å²) in [6, 6.07) is 16.4. The van der Waals surface area contributed by atoms with Crippen LogP contribution in [-0.4, -0.2) is 84.6 Å². The van der Waals surface area contributed by atoms with E-state index in [2.05, 4.69) is 136 Å². The molecule has 2 aromatic rings. The van der Waals surface area contributed by atoms with E-state index in [4.69, 9.17) is 19.7 Å². The van der Waals surface area contributed by atoms with Crippen molar-refractivity contribution in [3.63, 3.8) is 0 Å². The maximum absolute atomic E-state index is 13.3. The summed E-state index contributed by atoms with van der Waals surface area (Å²) in [7, 11) is 0. The van der Waals surface area contributed by atoms with Crippen LogP contribution in [0.1, 0.15) is 235 Å². The number of ketones is 4. The van der Waals surface area contributed by atoms with E-state index >= 15 is 0 Å². The molecule has 0 radical (unpaired) electrons. The molecular formula is C76H110N6O10. The van der Waals surface area contributed by atoms with Crippen LogP contribution in [0.3, 0.4) is 0 Å². The van der Waals surface area contributed by atoms with Gasteiger partial charge in [0, 0.05) is 73.6 Å². The van der Waals surface area contributed by atoms with E-state index in [9.17, 15) is 38.4 Å². The fourth-order valence-corrected chi connectivity index (χ4v) is 14.8. The summed E-state index contributed by atoms with van der Waals surface area (Å²) in [4.78, 5) is 100. The van der Waals surface area contributed by atoms with Crippen molar-refractivity contribution in [3.05, 3.63) is 93.3 Å². The zero-order chi connectivity index (χ0) is 67.3. The van der Waals surface area contributed by atoms with Crippen molar-refractivity contribution >= 4 is 58.3 Å². The van der Waals surface area contributed by atoms with Crippen LogP contribution < -0.4 is 21.5 Å². The second kappa shape index (κ2) is 32.0. The highest BCUT2D eigenvalue weighted by atomic mass is 16.5. The molecule has 92 heavy (non-hydrogen) atoms. The van der Waals surface area contributed by atoms with Crippen LogP contribution in [0.2, 0.25) is 0 Å². The lowest BCUT2D eigenvalue weighted by atomic mass is 9.72. The van der Waals surface area contributed by atoms with E-state index in [0.717, 1.165) is 122 Å². The number of hydrogen-bond acceptors (Lipinski definition) is 14. The van der Waals surface area contributed by atoms with Crippen LogP contribution in [0.4, 0.5) is 0 Å². The Morgan fingerprint density at radius 3 is 1.29 bits per heavy atom. The molecule has 8 atom stereocenters. The molecule has 4 saturated carbocycles. The van der Waals surface area contributed by atoms with Crippen molar-refractivity contribution in [3.8, 4) is 0 Å². The average molecular weight is 1270 g/mol. The Bertz CT molecular complexity index is 3110. The average Bonchev–Trinajstić information content (AvgIpc) is 1.57. The minimum Gasteiger partial charge on any atom is -0.463 e. The summed E-state index contributed by atoms with van der Waals surface area (Å²) in [5, 5.41) is 15.5. The van der Waals surface area contributed by atoms with Crippen molar-refractivity contribution in [2.75, 3.05) is 26.3 Å². The van der Waals surface area contributed by atoms with E-state index < -0.39 is 11.9 Å². The first-order chi connectivity index (χ1) is 43.2. The smallest absolute Gasteiger partial charge is 0.313 e. The Morgan fingerprint density at radius 2 is 0.870 bits per heavy atom. The van der Waals surface area contributed by atoms with Gasteiger partial charge in [0.1, 0.15) is 49.2 Å². The van der Waals surface area contributed by atoms with Crippen LogP contribution in [0.5, 0.6) is 0 Å². The van der Waals surface area contributed by atoms with Gasteiger partial charge in [-0.1, -0.05) is 132 Å². The van der Waals surface area contributed by atoms with Gasteiger partial charge >= 0.3 is 11.9 Å². The Labute approximate surface area is 549 Å². The number of nitrogens with one attached hydrogen (secondary N) is 4. The molecule has 16 nitrogen and oxygen atoms in total. The number of nitrogens with zero attached hydrogens (tertiary/aromatic N) is 2. The molecule has 2 aromatic carbocycles. The quantitative estimate of drug-likeness (QED) is 0.0325. The molecule has 2 aliphatic heterocycles. The Balaban J connectivity index is 0.000000261. The number of esters is 2. The molecule has 2 amide bonds. The van der Waals surface area contributed by atoms with Crippen LogP contribution in [-0.2, 0) is 60.7 Å². The van der Waals surface area contributed by atoms with Gasteiger partial charge in [-0.3, -0.25) is 49.2 Å². The minimum atomic E-state index is -0.535. The standard InChI is InChI=1S/2C38H55N3O5/c1-24-33-30-21-27(22-31(30)36(45)39-18-19-46-32(44)23-29(43)11-9-17-38(5,6)7)34(33)35(41-40-24)26-14-12-25(13-15-26)20-28(42)10-8-16-37(2,3)4;1-24-33-27-21-30(31(22-27)36(45)39-18-19-46-32(44)23-29(43)11-9-17-38(5,6)7)34(33)35(41-40-24)26-14-12-25(13-15-26)20-28(42)10-8-16-37(2,3)4/h2*12-15,27,30-31,34,40H,8-11,16-23H2,1-7H3,(H,39,45). The van der Waals surface area contributed by atoms with Gasteiger partial charge in [0.2, 0.25) is 11.8 Å². The first-order valence-electron chi connectivity index (χ1n) is 34.4. The summed E-state index contributed by atoms with van der Waals surface area (Å²) in [6.45, 7) is 30.7. The second-order valence-corrected chi connectivity index (χ2v) is 32.2. The summed E-state index contributed by atoms with van der Waals surface area (Å²) in [5.41, 5.74) is 18.1. The lowest BCUT2D eigenvalue weighted by Crippen LogP contribution is -2.42. The van der Waals surface area contributed by atoms with Gasteiger partial charge in [0.05, 0.1) is 24.5 Å². The van der Waals surface area contributed by atoms with Crippen LogP contribution >= 0.6 is 0 Å². The highest BCUT2D eigenvalue weighted by Crippen LogP contribution is 2.59. The number of allylic oxidation sites excluding steroid dienone is 4. The molecule has 6 aliphatic rings. The number of Topliss-reactive ketones (excluding diaryl/α,β-unsaturated/α-hetero) is 4. The van der Waals surface area contributed by atoms with Gasteiger partial charge in [-0.2, -0.15) is 10.2 Å². The third-order valence-electron chi connectivity index (χ3n) is 19.3. The van der Waals surface area contributed by atoms with E-state index in [-0.39, 0.29) is 131 Å². The maximum Gasteiger partial charge on any atom is 0.313 e. The van der Waals surface area contributed by atoms with Crippen LogP contribution in [0.25, 0.3) is 0 Å². The summed E-state index contributed by atoms with van der Waals surface area (Å²) < 4.78 is 10.5. The van der Waals surface area contributed by atoms with Crippen molar-refractivity contribution in [1.29, 1.82) is 0 Å². The minimum absolute atomic E-state index is 0.0128. The molecular weight excluding hydrogens is 1160 g/mol. The number of carbonyl (C=O) groups is 8. The lowest BCUT2D eigenvalue weighted by Gasteiger charge is -2.35. The number of carbonyl (C=O) groups excluding carboxylic acids is 8. The van der Waals surface area contributed by atoms with Gasteiger partial charge in [0.15, 0.2) is 0 Å². The molecule has 8 unspecified atom stereocenters. The maximum atomic E-state index is 13.3. The first kappa shape index (κ1) is 72.8. The van der Waals surface area contributed by atoms with Gasteiger partial charge in [-0.15, -0.1) is 0 Å². The monoisotopic (exact) mass is 1270 g/mol. The summed E-state index contributed by atoms with van der Waals surface area (Å²) >= 11 is 0. The van der Waals surface area contributed by atoms with Crippen molar-refractivity contribution in [2.45, 2.75) is 225 Å². The van der Waals surface area contributed by atoms with E-state index in [1.165, 1.54) is 11.1 Å². The zero-order valence-corrected chi connectivity index (χ0v) is 58.2. The molecule has 8 rings (SSSR count). The molecule has 0 spiro atoms. The van der Waals surface area contributed by atoms with Crippen molar-refractivity contribution in [1.82, 2.24) is 21.5 Å². The molecule has 504 valence electrons. The molecule has 0 aromatic heterocycles. The van der Waals surface area contributed by atoms with Crippen molar-refractivity contribution < 1.29 is 47.8 Å². The molecule has 16 heteroatoms. The van der Waals surface area contributed by atoms with Gasteiger partial charge in [-0.05, 0) is 170 Å². The number of ether oxygens (including phenoxy) is 2. The topological polar surface area (TPSA) is 228 Å². The molecule has 4 bridgehead atoms.